The predicted octanol–water partition coefficient (Wildman–Crippen LogP) is 6.08. The molecule has 0 amide bonds. The normalized spacial score (nSPS) is 33.0. The molecule has 3 rings (SSSR count). The molecule has 0 N–H and O–H groups in total. The van der Waals surface area contributed by atoms with Crippen molar-refractivity contribution in [3.05, 3.63) is 32.7 Å². The number of fused-ring (bicyclic) bond motifs is 1. The molecule has 2 saturated carbocycles. The lowest BCUT2D eigenvalue weighted by Crippen LogP contribution is -1.96. The third-order valence-electron chi connectivity index (χ3n) is 4.32. The van der Waals surface area contributed by atoms with E-state index >= 15 is 0 Å². The van der Waals surface area contributed by atoms with Gasteiger partial charge in [-0.3, -0.25) is 0 Å². The van der Waals surface area contributed by atoms with Crippen molar-refractivity contribution in [2.75, 3.05) is 0 Å². The molecule has 3 atom stereocenters. The van der Waals surface area contributed by atoms with E-state index < -0.39 is 0 Å². The molecule has 3 heteroatoms. The average molecular weight is 423 g/mol. The molecule has 1 aromatic carbocycles. The molecule has 0 saturated heterocycles. The summed E-state index contributed by atoms with van der Waals surface area (Å²) < 4.78 is 2.40. The first-order chi connectivity index (χ1) is 8.18. The van der Waals surface area contributed by atoms with Crippen LogP contribution in [0.25, 0.3) is 0 Å². The molecule has 2 aliphatic carbocycles. The maximum atomic E-state index is 3.94. The maximum Gasteiger partial charge on any atom is 0.0440 e. The minimum atomic E-state index is 0.516. The van der Waals surface area contributed by atoms with Crippen LogP contribution in [-0.4, -0.2) is 0 Å². The van der Waals surface area contributed by atoms with Crippen LogP contribution < -0.4 is 0 Å². The predicted molar refractivity (Wildman–Crippen MR) is 82.4 cm³/mol. The minimum Gasteiger partial charge on any atom is -0.0835 e. The van der Waals surface area contributed by atoms with Crippen molar-refractivity contribution in [2.45, 2.75) is 30.5 Å². The summed E-state index contributed by atoms with van der Waals surface area (Å²) in [4.78, 5) is 0.516. The number of hydrogen-bond donors (Lipinski definition) is 0. The second kappa shape index (κ2) is 4.97. The van der Waals surface area contributed by atoms with Crippen molar-refractivity contribution in [1.82, 2.24) is 0 Å². The van der Waals surface area contributed by atoms with E-state index in [4.69, 9.17) is 0 Å². The molecule has 0 aliphatic heterocycles. The highest BCUT2D eigenvalue weighted by atomic mass is 79.9. The summed E-state index contributed by atoms with van der Waals surface area (Å²) in [6, 6.07) is 6.47. The molecule has 0 aromatic heterocycles. The molecule has 17 heavy (non-hydrogen) atoms. The molecule has 92 valence electrons. The van der Waals surface area contributed by atoms with Crippen LogP contribution in [0.4, 0.5) is 0 Å². The van der Waals surface area contributed by atoms with E-state index in [9.17, 15) is 0 Å². The Hall–Kier alpha value is 0.660. The highest BCUT2D eigenvalue weighted by molar-refractivity contribution is 9.11. The van der Waals surface area contributed by atoms with Gasteiger partial charge in [-0.2, -0.15) is 0 Å². The monoisotopic (exact) mass is 420 g/mol. The van der Waals surface area contributed by atoms with Crippen molar-refractivity contribution in [3.8, 4) is 0 Å². The van der Waals surface area contributed by atoms with E-state index in [1.165, 1.54) is 40.2 Å². The van der Waals surface area contributed by atoms with Gasteiger partial charge in [-0.15, -0.1) is 0 Å². The van der Waals surface area contributed by atoms with Gasteiger partial charge in [0.25, 0.3) is 0 Å². The van der Waals surface area contributed by atoms with Gasteiger partial charge in [0.05, 0.1) is 0 Å². The van der Waals surface area contributed by atoms with E-state index in [1.807, 2.05) is 0 Å². The Morgan fingerprint density at radius 2 is 1.71 bits per heavy atom. The summed E-state index contributed by atoms with van der Waals surface area (Å²) in [5.74, 6) is 2.83. The van der Waals surface area contributed by atoms with Crippen LogP contribution in [0.1, 0.15) is 36.1 Å². The van der Waals surface area contributed by atoms with E-state index in [-0.39, 0.29) is 0 Å². The molecular formula is C14H15Br3. The Morgan fingerprint density at radius 1 is 1.06 bits per heavy atom. The number of rotatable bonds is 2. The number of halogens is 3. The summed E-state index contributed by atoms with van der Waals surface area (Å²) >= 11 is 11.2. The van der Waals surface area contributed by atoms with Crippen LogP contribution in [0, 0.1) is 17.8 Å². The number of benzene rings is 1. The smallest absolute Gasteiger partial charge is 0.0440 e. The molecule has 2 fully saturated rings. The van der Waals surface area contributed by atoms with Gasteiger partial charge in [-0.05, 0) is 54.4 Å². The first-order valence-corrected chi connectivity index (χ1v) is 8.77. The molecule has 0 spiro atoms. The molecule has 0 radical (unpaired) electrons. The maximum absolute atomic E-state index is 3.94. The molecule has 2 aliphatic rings. The van der Waals surface area contributed by atoms with E-state index in [2.05, 4.69) is 66.0 Å². The van der Waals surface area contributed by atoms with Gasteiger partial charge >= 0.3 is 0 Å². The molecule has 0 nitrogen and oxygen atoms in total. The lowest BCUT2D eigenvalue weighted by atomic mass is 10.0. The highest BCUT2D eigenvalue weighted by Crippen LogP contribution is 2.63. The Labute approximate surface area is 128 Å². The van der Waals surface area contributed by atoms with Crippen molar-refractivity contribution >= 4 is 47.8 Å². The van der Waals surface area contributed by atoms with E-state index in [0.29, 0.717) is 4.83 Å². The van der Waals surface area contributed by atoms with Crippen molar-refractivity contribution < 1.29 is 0 Å². The summed E-state index contributed by atoms with van der Waals surface area (Å²) in [5, 5.41) is 0. The lowest BCUT2D eigenvalue weighted by molar-refractivity contribution is 0.480. The topological polar surface area (TPSA) is 0 Å². The largest absolute Gasteiger partial charge is 0.0835 e. The Kier molecular flexibility index (Phi) is 3.71. The van der Waals surface area contributed by atoms with Crippen LogP contribution in [-0.2, 0) is 0 Å². The quantitative estimate of drug-likeness (QED) is 0.506. The highest BCUT2D eigenvalue weighted by Gasteiger charge is 2.53. The third-order valence-corrected chi connectivity index (χ3v) is 6.63. The lowest BCUT2D eigenvalue weighted by Gasteiger charge is -2.12. The van der Waals surface area contributed by atoms with Crippen LogP contribution in [0.5, 0.6) is 0 Å². The second-order valence-corrected chi connectivity index (χ2v) is 8.01. The third kappa shape index (κ3) is 2.40. The first kappa shape index (κ1) is 12.7. The number of alkyl halides is 1. The SMILES string of the molecule is Brc1ccc(Br)c(C(Br)C2C3CCCCC32)c1. The van der Waals surface area contributed by atoms with Gasteiger partial charge in [-0.1, -0.05) is 60.6 Å². The van der Waals surface area contributed by atoms with Gasteiger partial charge in [0.2, 0.25) is 0 Å². The van der Waals surface area contributed by atoms with Crippen molar-refractivity contribution in [1.29, 1.82) is 0 Å². The van der Waals surface area contributed by atoms with Gasteiger partial charge in [-0.25, -0.2) is 0 Å². The van der Waals surface area contributed by atoms with E-state index in [0.717, 1.165) is 17.8 Å². The van der Waals surface area contributed by atoms with Crippen LogP contribution >= 0.6 is 47.8 Å². The second-order valence-electron chi connectivity index (χ2n) is 5.26. The van der Waals surface area contributed by atoms with Gasteiger partial charge in [0.15, 0.2) is 0 Å². The Balaban J connectivity index is 1.82. The fourth-order valence-corrected chi connectivity index (χ4v) is 5.76. The van der Waals surface area contributed by atoms with Gasteiger partial charge in [0, 0.05) is 13.8 Å². The molecular weight excluding hydrogens is 408 g/mol. The Morgan fingerprint density at radius 3 is 2.35 bits per heavy atom. The van der Waals surface area contributed by atoms with Crippen LogP contribution in [0.3, 0.4) is 0 Å². The zero-order chi connectivity index (χ0) is 12.0. The van der Waals surface area contributed by atoms with Gasteiger partial charge in [0.1, 0.15) is 0 Å². The minimum absolute atomic E-state index is 0.516. The fraction of sp³-hybridized carbons (Fsp3) is 0.571. The van der Waals surface area contributed by atoms with Crippen LogP contribution in [0.15, 0.2) is 27.1 Å². The average Bonchev–Trinajstić information content (AvgIpc) is 3.05. The molecule has 1 aromatic rings. The standard InChI is InChI=1S/C14H15Br3/c15-8-5-6-12(16)11(7-8)14(17)13-9-3-1-2-4-10(9)13/h5-7,9-10,13-14H,1-4H2. The van der Waals surface area contributed by atoms with E-state index in [1.54, 1.807) is 0 Å². The zero-order valence-corrected chi connectivity index (χ0v) is 14.3. The number of hydrogen-bond acceptors (Lipinski definition) is 0. The summed E-state index contributed by atoms with van der Waals surface area (Å²) in [6.07, 6.45) is 5.78. The van der Waals surface area contributed by atoms with Crippen LogP contribution in [0.2, 0.25) is 0 Å². The Bertz CT molecular complexity index is 417. The van der Waals surface area contributed by atoms with Crippen molar-refractivity contribution in [2.24, 2.45) is 17.8 Å². The summed E-state index contributed by atoms with van der Waals surface area (Å²) in [5.41, 5.74) is 1.40. The van der Waals surface area contributed by atoms with Crippen molar-refractivity contribution in [3.63, 3.8) is 0 Å². The molecule has 3 unspecified atom stereocenters. The first-order valence-electron chi connectivity index (χ1n) is 6.27. The zero-order valence-electron chi connectivity index (χ0n) is 9.50. The van der Waals surface area contributed by atoms with Gasteiger partial charge < -0.3 is 0 Å². The summed E-state index contributed by atoms with van der Waals surface area (Å²) in [6.45, 7) is 0. The molecule has 0 bridgehead atoms. The fourth-order valence-electron chi connectivity index (χ4n) is 3.42. The molecule has 0 heterocycles. The summed E-state index contributed by atoms with van der Waals surface area (Å²) in [7, 11) is 0.